The number of hydrogen-bond acceptors (Lipinski definition) is 8. The van der Waals surface area contributed by atoms with Crippen molar-refractivity contribution in [3.8, 4) is 0 Å². The first-order valence-electron chi connectivity index (χ1n) is 11.8. The molecule has 0 aliphatic heterocycles. The third-order valence-corrected chi connectivity index (χ3v) is 8.18. The van der Waals surface area contributed by atoms with Gasteiger partial charge in [-0.2, -0.15) is 5.10 Å². The molecule has 0 saturated heterocycles. The van der Waals surface area contributed by atoms with Crippen LogP contribution in [0.2, 0.25) is 0 Å². The topological polar surface area (TPSA) is 159 Å². The number of benzene rings is 2. The molecule has 0 fully saturated rings. The minimum absolute atomic E-state index is 0.0296. The molecule has 0 bridgehead atoms. The van der Waals surface area contributed by atoms with Crippen LogP contribution in [0.1, 0.15) is 25.0 Å². The molecular formula is C25H26N6O6S. The molecule has 0 aliphatic carbocycles. The molecule has 4 aromatic rings. The maximum Gasteiger partial charge on any atom is 0.269 e. The minimum atomic E-state index is -3.37. The van der Waals surface area contributed by atoms with E-state index in [4.69, 9.17) is 0 Å². The summed E-state index contributed by atoms with van der Waals surface area (Å²) in [6.45, 7) is 3.98. The fourth-order valence-corrected chi connectivity index (χ4v) is 4.87. The van der Waals surface area contributed by atoms with Gasteiger partial charge in [-0.3, -0.25) is 24.3 Å². The number of rotatable bonds is 10. The van der Waals surface area contributed by atoms with Gasteiger partial charge in [-0.1, -0.05) is 24.3 Å². The summed E-state index contributed by atoms with van der Waals surface area (Å²) in [6.07, 6.45) is 2.91. The molecule has 1 N–H and O–H groups in total. The van der Waals surface area contributed by atoms with E-state index in [1.807, 2.05) is 0 Å². The second kappa shape index (κ2) is 10.9. The van der Waals surface area contributed by atoms with Crippen LogP contribution in [0.25, 0.3) is 11.0 Å². The first kappa shape index (κ1) is 26.7. The molecule has 0 saturated carbocycles. The minimum Gasteiger partial charge on any atom is -0.354 e. The van der Waals surface area contributed by atoms with E-state index in [-0.39, 0.29) is 41.6 Å². The summed E-state index contributed by atoms with van der Waals surface area (Å²) in [6, 6.07) is 12.2. The highest BCUT2D eigenvalue weighted by molar-refractivity contribution is 7.92. The molecule has 13 heteroatoms. The summed E-state index contributed by atoms with van der Waals surface area (Å²) in [5, 5.41) is 17.6. The number of nitrogens with zero attached hydrogens (tertiary/aromatic N) is 5. The molecule has 0 spiro atoms. The lowest BCUT2D eigenvalue weighted by Crippen LogP contribution is -2.29. The van der Waals surface area contributed by atoms with Crippen LogP contribution < -0.4 is 10.9 Å². The third-order valence-electron chi connectivity index (χ3n) is 6.01. The number of sulfone groups is 1. The van der Waals surface area contributed by atoms with E-state index in [1.165, 1.54) is 46.0 Å². The van der Waals surface area contributed by atoms with E-state index in [2.05, 4.69) is 15.4 Å². The van der Waals surface area contributed by atoms with Crippen molar-refractivity contribution in [2.45, 2.75) is 43.5 Å². The lowest BCUT2D eigenvalue weighted by molar-refractivity contribution is -0.384. The number of amides is 1. The standard InChI is InChI=1S/C25H26N6O6S/c1-17(2)38(36,37)21-9-5-18(6-10-21)13-23(32)26-11-12-30-24-22(14-28-30)25(33)29(16-27-24)15-19-3-7-20(8-4-19)31(34)35/h3-10,14,16-17H,11-13,15H2,1-2H3,(H,26,32). The van der Waals surface area contributed by atoms with Crippen molar-refractivity contribution >= 4 is 32.5 Å². The Kier molecular flexibility index (Phi) is 7.67. The van der Waals surface area contributed by atoms with Crippen LogP contribution in [0.15, 0.2) is 70.7 Å². The highest BCUT2D eigenvalue weighted by Crippen LogP contribution is 2.17. The van der Waals surface area contributed by atoms with E-state index in [0.717, 1.165) is 0 Å². The zero-order chi connectivity index (χ0) is 27.4. The molecule has 1 amide bonds. The van der Waals surface area contributed by atoms with E-state index < -0.39 is 20.0 Å². The first-order chi connectivity index (χ1) is 18.1. The van der Waals surface area contributed by atoms with Crippen molar-refractivity contribution in [3.05, 3.63) is 92.7 Å². The highest BCUT2D eigenvalue weighted by atomic mass is 32.2. The van der Waals surface area contributed by atoms with Crippen LogP contribution >= 0.6 is 0 Å². The van der Waals surface area contributed by atoms with Crippen LogP contribution in [-0.4, -0.2) is 50.4 Å². The Morgan fingerprint density at radius 3 is 2.37 bits per heavy atom. The highest BCUT2D eigenvalue weighted by Gasteiger charge is 2.19. The van der Waals surface area contributed by atoms with Crippen molar-refractivity contribution in [2.75, 3.05) is 6.54 Å². The smallest absolute Gasteiger partial charge is 0.269 e. The molecule has 4 rings (SSSR count). The van der Waals surface area contributed by atoms with Gasteiger partial charge in [0.05, 0.1) is 40.8 Å². The lowest BCUT2D eigenvalue weighted by Gasteiger charge is -2.09. The monoisotopic (exact) mass is 538 g/mol. The Labute approximate surface area is 218 Å². The van der Waals surface area contributed by atoms with Crippen molar-refractivity contribution in [1.29, 1.82) is 0 Å². The molecule has 12 nitrogen and oxygen atoms in total. The molecule has 0 radical (unpaired) electrons. The Hall–Kier alpha value is -4.39. The molecule has 198 valence electrons. The maximum atomic E-state index is 12.9. The number of carbonyl (C=O) groups is 1. The molecule has 0 atom stereocenters. The predicted octanol–water partition coefficient (Wildman–Crippen LogP) is 2.09. The maximum absolute atomic E-state index is 12.9. The number of nitro benzene ring substituents is 1. The molecule has 2 aromatic heterocycles. The number of carbonyl (C=O) groups excluding carboxylic acids is 1. The number of hydrogen-bond donors (Lipinski definition) is 1. The zero-order valence-electron chi connectivity index (χ0n) is 20.8. The number of fused-ring (bicyclic) bond motifs is 1. The average Bonchev–Trinajstić information content (AvgIpc) is 3.30. The number of aromatic nitrogens is 4. The van der Waals surface area contributed by atoms with Gasteiger partial charge in [0.15, 0.2) is 15.5 Å². The first-order valence-corrected chi connectivity index (χ1v) is 13.3. The molecule has 0 unspecified atom stereocenters. The van der Waals surface area contributed by atoms with Crippen molar-refractivity contribution in [2.24, 2.45) is 0 Å². The quantitative estimate of drug-likeness (QED) is 0.237. The van der Waals surface area contributed by atoms with Crippen molar-refractivity contribution < 1.29 is 18.1 Å². The molecule has 2 heterocycles. The Bertz CT molecular complexity index is 1640. The number of nitrogens with one attached hydrogen (secondary N) is 1. The van der Waals surface area contributed by atoms with Gasteiger partial charge >= 0.3 is 0 Å². The summed E-state index contributed by atoms with van der Waals surface area (Å²) in [5.41, 5.74) is 1.45. The van der Waals surface area contributed by atoms with E-state index in [1.54, 1.807) is 38.1 Å². The van der Waals surface area contributed by atoms with Crippen molar-refractivity contribution in [1.82, 2.24) is 24.6 Å². The number of non-ortho nitro benzene ring substituents is 1. The Morgan fingerprint density at radius 2 is 1.74 bits per heavy atom. The Morgan fingerprint density at radius 1 is 1.08 bits per heavy atom. The van der Waals surface area contributed by atoms with Gasteiger partial charge in [0, 0.05) is 18.7 Å². The normalized spacial score (nSPS) is 11.7. The summed E-state index contributed by atoms with van der Waals surface area (Å²) in [5.74, 6) is -0.237. The van der Waals surface area contributed by atoms with E-state index in [0.29, 0.717) is 28.7 Å². The van der Waals surface area contributed by atoms with Crippen LogP contribution in [0, 0.1) is 10.1 Å². The van der Waals surface area contributed by atoms with Gasteiger partial charge in [0.2, 0.25) is 5.91 Å². The largest absolute Gasteiger partial charge is 0.354 e. The fraction of sp³-hybridized carbons (Fsp3) is 0.280. The van der Waals surface area contributed by atoms with E-state index in [9.17, 15) is 28.1 Å². The SMILES string of the molecule is CC(C)S(=O)(=O)c1ccc(CC(=O)NCCn2ncc3c(=O)n(Cc4ccc([N+](=O)[O-])cc4)cnc32)cc1. The van der Waals surface area contributed by atoms with Crippen LogP contribution in [0.3, 0.4) is 0 Å². The van der Waals surface area contributed by atoms with Gasteiger partial charge < -0.3 is 5.32 Å². The Balaban J connectivity index is 1.35. The van der Waals surface area contributed by atoms with Gasteiger partial charge in [0.1, 0.15) is 11.7 Å². The van der Waals surface area contributed by atoms with Crippen molar-refractivity contribution in [3.63, 3.8) is 0 Å². The zero-order valence-corrected chi connectivity index (χ0v) is 21.6. The second-order valence-electron chi connectivity index (χ2n) is 8.97. The van der Waals surface area contributed by atoms with Crippen LogP contribution in [0.4, 0.5) is 5.69 Å². The van der Waals surface area contributed by atoms with E-state index >= 15 is 0 Å². The summed E-state index contributed by atoms with van der Waals surface area (Å²) in [7, 11) is -3.37. The van der Waals surface area contributed by atoms with Crippen LogP contribution in [-0.2, 0) is 34.1 Å². The molecule has 38 heavy (non-hydrogen) atoms. The second-order valence-corrected chi connectivity index (χ2v) is 11.5. The summed E-state index contributed by atoms with van der Waals surface area (Å²) in [4.78, 5) is 40.1. The predicted molar refractivity (Wildman–Crippen MR) is 139 cm³/mol. The molecule has 0 aliphatic rings. The third kappa shape index (κ3) is 5.78. The van der Waals surface area contributed by atoms with Crippen LogP contribution in [0.5, 0.6) is 0 Å². The fourth-order valence-electron chi connectivity index (χ4n) is 3.81. The number of nitro groups is 1. The van der Waals surface area contributed by atoms with Gasteiger partial charge in [-0.25, -0.2) is 18.1 Å². The van der Waals surface area contributed by atoms with Gasteiger partial charge in [0.25, 0.3) is 11.2 Å². The lowest BCUT2D eigenvalue weighted by atomic mass is 10.1. The molecule has 2 aromatic carbocycles. The van der Waals surface area contributed by atoms with Gasteiger partial charge in [-0.05, 0) is 37.1 Å². The average molecular weight is 539 g/mol. The molecular weight excluding hydrogens is 512 g/mol. The summed E-state index contributed by atoms with van der Waals surface area (Å²) >= 11 is 0. The van der Waals surface area contributed by atoms with Gasteiger partial charge in [-0.15, -0.1) is 0 Å². The summed E-state index contributed by atoms with van der Waals surface area (Å²) < 4.78 is 27.4.